The Balaban J connectivity index is 1.04. The van der Waals surface area contributed by atoms with Crippen molar-refractivity contribution in [2.75, 3.05) is 0 Å². The first-order chi connectivity index (χ1) is 41.4. The summed E-state index contributed by atoms with van der Waals surface area (Å²) in [5, 5.41) is 15.2. The number of aromatic nitrogens is 2. The van der Waals surface area contributed by atoms with E-state index in [2.05, 4.69) is 185 Å². The summed E-state index contributed by atoms with van der Waals surface area (Å²) >= 11 is 0. The van der Waals surface area contributed by atoms with Gasteiger partial charge in [0.1, 0.15) is 0 Å². The lowest BCUT2D eigenvalue weighted by Gasteiger charge is -2.35. The molecule has 15 rings (SSSR count). The minimum atomic E-state index is -3.70. The van der Waals surface area contributed by atoms with Crippen LogP contribution in [0.15, 0.2) is 291 Å². The second-order valence-electron chi connectivity index (χ2n) is 19.2. The van der Waals surface area contributed by atoms with Crippen molar-refractivity contribution >= 4 is 105 Å². The monoisotopic (exact) mass is 978 g/mol. The van der Waals surface area contributed by atoms with Crippen molar-refractivity contribution in [2.24, 2.45) is 0 Å². The predicted octanol–water partition coefficient (Wildman–Crippen LogP) is 16.1. The van der Waals surface area contributed by atoms with Gasteiger partial charge in [0, 0.05) is 38.3 Å². The highest BCUT2D eigenvalue weighted by Gasteiger charge is 2.42. The van der Waals surface area contributed by atoms with Gasteiger partial charge in [-0.1, -0.05) is 242 Å². The van der Waals surface area contributed by atoms with Gasteiger partial charge in [0.2, 0.25) is 0 Å². The average Bonchev–Trinajstić information content (AvgIpc) is 1.74. The molecule has 15 aromatic rings. The van der Waals surface area contributed by atoms with E-state index in [0.29, 0.717) is 5.19 Å². The zero-order valence-corrected chi connectivity index (χ0v) is 41.3. The molecule has 0 unspecified atom stereocenters. The summed E-state index contributed by atoms with van der Waals surface area (Å²) in [6.07, 6.45) is 0. The summed E-state index contributed by atoms with van der Waals surface area (Å²) in [5.41, 5.74) is 6.51. The Bertz CT molecular complexity index is 5040. The summed E-state index contributed by atoms with van der Waals surface area (Å²) in [6, 6.07) is 75.3. The first-order valence-electron chi connectivity index (χ1n) is 30.2. The van der Waals surface area contributed by atoms with Crippen molar-refractivity contribution in [3.05, 3.63) is 291 Å². The Labute approximate surface area is 450 Å². The van der Waals surface area contributed by atoms with Crippen LogP contribution in [-0.2, 0) is 0 Å². The van der Waals surface area contributed by atoms with Crippen molar-refractivity contribution in [3.63, 3.8) is 0 Å². The van der Waals surface area contributed by atoms with E-state index in [1.807, 2.05) is 48.5 Å². The molecule has 0 saturated carbocycles. The van der Waals surface area contributed by atoms with Crippen LogP contribution < -0.4 is 20.7 Å². The van der Waals surface area contributed by atoms with Crippen LogP contribution in [0.1, 0.15) is 13.7 Å². The van der Waals surface area contributed by atoms with E-state index in [1.165, 1.54) is 32.3 Å². The molecule has 0 bridgehead atoms. The number of hydrogen-bond donors (Lipinski definition) is 0. The highest BCUT2D eigenvalue weighted by atomic mass is 28.3. The summed E-state index contributed by atoms with van der Waals surface area (Å²) in [7, 11) is -3.70. The number of fused-ring (bicyclic) bond motifs is 13. The molecule has 3 heteroatoms. The molecule has 0 atom stereocenters. The molecule has 0 aliphatic carbocycles. The SMILES string of the molecule is [2H]c1c([2H])c([2H])c(-c2cc(-c3c([2H])c([2H])c([2H])c([2H])c3[2H])cc([Si](c3ccccc3)(c3ccccc3)c3ccc(-n4c5cc(-n6c7ccccc7c7ccccc76)ccc5c5c6c7ccccc7c7ccccc7c6ccc54)cc3)c2)c([2H])c1[2H]. The third-order valence-electron chi connectivity index (χ3n) is 15.4. The van der Waals surface area contributed by atoms with Crippen LogP contribution in [0.3, 0.4) is 0 Å². The van der Waals surface area contributed by atoms with E-state index in [1.54, 1.807) is 6.07 Å². The lowest BCUT2D eigenvalue weighted by atomic mass is 9.92. The third kappa shape index (κ3) is 6.65. The molecule has 0 aliphatic rings. The smallest absolute Gasteiger partial charge is 0.179 e. The fraction of sp³-hybridized carbons (Fsp3) is 0. The number of benzene rings is 13. The van der Waals surface area contributed by atoms with Crippen molar-refractivity contribution in [3.8, 4) is 33.6 Å². The maximum absolute atomic E-state index is 9.28. The lowest BCUT2D eigenvalue weighted by molar-refractivity contribution is 1.16. The molecular formula is C72H48N2Si. The molecule has 0 saturated heterocycles. The molecule has 0 aliphatic heterocycles. The van der Waals surface area contributed by atoms with Crippen LogP contribution in [0.5, 0.6) is 0 Å². The van der Waals surface area contributed by atoms with Gasteiger partial charge < -0.3 is 9.13 Å². The Hall–Kier alpha value is -9.54. The zero-order chi connectivity index (χ0) is 58.2. The van der Waals surface area contributed by atoms with E-state index in [9.17, 15) is 5.48 Å². The van der Waals surface area contributed by atoms with Crippen molar-refractivity contribution < 1.29 is 13.7 Å². The van der Waals surface area contributed by atoms with E-state index < -0.39 is 68.5 Å². The van der Waals surface area contributed by atoms with Crippen molar-refractivity contribution in [1.82, 2.24) is 9.13 Å². The largest absolute Gasteiger partial charge is 0.309 e. The van der Waals surface area contributed by atoms with Gasteiger partial charge in [0.25, 0.3) is 0 Å². The van der Waals surface area contributed by atoms with Crippen LogP contribution >= 0.6 is 0 Å². The average molecular weight is 979 g/mol. The Morgan fingerprint density at radius 1 is 0.253 bits per heavy atom. The second-order valence-corrected chi connectivity index (χ2v) is 23.0. The van der Waals surface area contributed by atoms with Crippen molar-refractivity contribution in [2.45, 2.75) is 0 Å². The first-order valence-corrected chi connectivity index (χ1v) is 27.2. The Morgan fingerprint density at radius 2 is 0.680 bits per heavy atom. The first kappa shape index (κ1) is 34.0. The maximum atomic E-state index is 9.28. The normalized spacial score (nSPS) is 13.9. The molecule has 75 heavy (non-hydrogen) atoms. The summed E-state index contributed by atoms with van der Waals surface area (Å²) in [4.78, 5) is 0. The van der Waals surface area contributed by atoms with Crippen LogP contribution in [0.2, 0.25) is 0 Å². The standard InChI is InChI=1S/C72H48N2Si/c1-5-21-49(22-6-1)51-45-52(50-23-7-2-8-24-50)47-58(46-51)75(55-25-9-3-10-26-55,56-27-11-4-12-28-56)57-40-37-53(38-41-57)73-69-44-43-65-61-31-14-13-29-59(61)60-30-15-16-34-64(60)71(65)72(69)66-42-39-54(48-70(66)73)74-67-35-19-17-32-62(67)63-33-18-20-36-68(63)74/h1-48H/i1D,2D,5D,6D,7D,8D,21D,22D,23D,24D. The molecule has 2 heterocycles. The predicted molar refractivity (Wildman–Crippen MR) is 322 cm³/mol. The Morgan fingerprint density at radius 3 is 1.24 bits per heavy atom. The number of nitrogens with zero attached hydrogens (tertiary/aromatic N) is 2. The van der Waals surface area contributed by atoms with Gasteiger partial charge in [-0.3, -0.25) is 0 Å². The van der Waals surface area contributed by atoms with Gasteiger partial charge in [-0.15, -0.1) is 0 Å². The fourth-order valence-electron chi connectivity index (χ4n) is 12.3. The second kappa shape index (κ2) is 17.3. The van der Waals surface area contributed by atoms with E-state index in [-0.39, 0.29) is 22.3 Å². The summed E-state index contributed by atoms with van der Waals surface area (Å²) in [6.45, 7) is 0. The van der Waals surface area contributed by atoms with Gasteiger partial charge in [-0.25, -0.2) is 0 Å². The van der Waals surface area contributed by atoms with E-state index >= 15 is 0 Å². The molecule has 2 aromatic heterocycles. The molecular weight excluding hydrogens is 921 g/mol. The van der Waals surface area contributed by atoms with Gasteiger partial charge in [-0.05, 0) is 118 Å². The summed E-state index contributed by atoms with van der Waals surface area (Å²) < 4.78 is 94.1. The molecule has 0 N–H and O–H groups in total. The van der Waals surface area contributed by atoms with Crippen LogP contribution in [0.25, 0.3) is 110 Å². The number of para-hydroxylation sites is 2. The fourth-order valence-corrected chi connectivity index (χ4v) is 17.1. The number of hydrogen-bond acceptors (Lipinski definition) is 0. The topological polar surface area (TPSA) is 9.86 Å². The molecule has 0 radical (unpaired) electrons. The van der Waals surface area contributed by atoms with Crippen molar-refractivity contribution in [1.29, 1.82) is 0 Å². The molecule has 350 valence electrons. The van der Waals surface area contributed by atoms with Gasteiger partial charge in [-0.2, -0.15) is 0 Å². The lowest BCUT2D eigenvalue weighted by Crippen LogP contribution is -2.74. The minimum absolute atomic E-state index is 0.0687. The van der Waals surface area contributed by atoms with Gasteiger partial charge >= 0.3 is 0 Å². The molecule has 0 amide bonds. The highest BCUT2D eigenvalue weighted by Crippen LogP contribution is 2.44. The van der Waals surface area contributed by atoms with E-state index in [0.717, 1.165) is 70.5 Å². The molecule has 0 fully saturated rings. The van der Waals surface area contributed by atoms with Crippen LogP contribution in [-0.4, -0.2) is 17.2 Å². The molecule has 13 aromatic carbocycles. The maximum Gasteiger partial charge on any atom is 0.179 e. The summed E-state index contributed by atoms with van der Waals surface area (Å²) in [5.74, 6) is 0. The Kier molecular flexibility index (Phi) is 7.84. The molecule has 0 spiro atoms. The number of rotatable bonds is 8. The van der Waals surface area contributed by atoms with Crippen LogP contribution in [0.4, 0.5) is 0 Å². The highest BCUT2D eigenvalue weighted by molar-refractivity contribution is 7.20. The quantitative estimate of drug-likeness (QED) is 0.0816. The zero-order valence-electron chi connectivity index (χ0n) is 50.3. The van der Waals surface area contributed by atoms with Gasteiger partial charge in [0.15, 0.2) is 8.07 Å². The van der Waals surface area contributed by atoms with Crippen LogP contribution in [0, 0.1) is 0 Å². The van der Waals surface area contributed by atoms with Gasteiger partial charge in [0.05, 0.1) is 35.8 Å². The molecule has 2 nitrogen and oxygen atoms in total. The minimum Gasteiger partial charge on any atom is -0.309 e. The third-order valence-corrected chi connectivity index (χ3v) is 20.1. The van der Waals surface area contributed by atoms with E-state index in [4.69, 9.17) is 8.22 Å².